The van der Waals surface area contributed by atoms with E-state index in [1.54, 1.807) is 6.92 Å². The Hall–Kier alpha value is -1.82. The topological polar surface area (TPSA) is 63.1 Å². The third-order valence-corrected chi connectivity index (χ3v) is 2.89. The van der Waals surface area contributed by atoms with Gasteiger partial charge in [0.25, 0.3) is 0 Å². The smallest absolute Gasteiger partial charge is 0.356 e. The first-order chi connectivity index (χ1) is 7.58. The van der Waals surface area contributed by atoms with Crippen molar-refractivity contribution in [2.45, 2.75) is 6.92 Å². The SMILES string of the molecule is Cc1nc(C(=O)O)c(-c2ccc(F)cn2)s1. The van der Waals surface area contributed by atoms with E-state index in [-0.39, 0.29) is 5.69 Å². The molecular formula is C10H7FN2O2S. The number of pyridine rings is 1. The van der Waals surface area contributed by atoms with Crippen LogP contribution in [0.5, 0.6) is 0 Å². The fourth-order valence-corrected chi connectivity index (χ4v) is 2.14. The molecule has 0 saturated carbocycles. The first-order valence-electron chi connectivity index (χ1n) is 4.40. The monoisotopic (exact) mass is 238 g/mol. The van der Waals surface area contributed by atoms with Gasteiger partial charge in [-0.3, -0.25) is 4.98 Å². The van der Waals surface area contributed by atoms with E-state index in [9.17, 15) is 9.18 Å². The van der Waals surface area contributed by atoms with Crippen LogP contribution in [0, 0.1) is 12.7 Å². The third-order valence-electron chi connectivity index (χ3n) is 1.90. The predicted octanol–water partition coefficient (Wildman–Crippen LogP) is 2.35. The van der Waals surface area contributed by atoms with Gasteiger partial charge >= 0.3 is 5.97 Å². The van der Waals surface area contributed by atoms with Gasteiger partial charge in [-0.25, -0.2) is 14.2 Å². The van der Waals surface area contributed by atoms with Gasteiger partial charge in [0.1, 0.15) is 5.82 Å². The maximum atomic E-state index is 12.7. The van der Waals surface area contributed by atoms with E-state index in [1.165, 1.54) is 23.5 Å². The summed E-state index contributed by atoms with van der Waals surface area (Å²) in [5, 5.41) is 9.57. The molecule has 2 rings (SSSR count). The van der Waals surface area contributed by atoms with Gasteiger partial charge in [0.05, 0.1) is 21.8 Å². The molecule has 2 aromatic heterocycles. The summed E-state index contributed by atoms with van der Waals surface area (Å²) >= 11 is 1.22. The Labute approximate surface area is 94.4 Å². The number of hydrogen-bond acceptors (Lipinski definition) is 4. The first-order valence-corrected chi connectivity index (χ1v) is 5.22. The quantitative estimate of drug-likeness (QED) is 0.872. The molecule has 0 radical (unpaired) electrons. The number of halogens is 1. The Morgan fingerprint density at radius 2 is 2.25 bits per heavy atom. The van der Waals surface area contributed by atoms with E-state index in [4.69, 9.17) is 5.11 Å². The zero-order valence-electron chi connectivity index (χ0n) is 8.27. The molecule has 1 N–H and O–H groups in total. The second-order valence-electron chi connectivity index (χ2n) is 3.08. The minimum atomic E-state index is -1.11. The van der Waals surface area contributed by atoms with Gasteiger partial charge in [-0.2, -0.15) is 0 Å². The van der Waals surface area contributed by atoms with E-state index >= 15 is 0 Å². The number of aromatic carboxylic acids is 1. The van der Waals surface area contributed by atoms with Crippen LogP contribution in [0.2, 0.25) is 0 Å². The van der Waals surface area contributed by atoms with Crippen molar-refractivity contribution in [3.05, 3.63) is 34.8 Å². The van der Waals surface area contributed by atoms with E-state index in [0.717, 1.165) is 6.20 Å². The van der Waals surface area contributed by atoms with Gasteiger partial charge in [0, 0.05) is 0 Å². The molecule has 0 aliphatic rings. The molecule has 0 fully saturated rings. The number of carbonyl (C=O) groups is 1. The van der Waals surface area contributed by atoms with E-state index < -0.39 is 11.8 Å². The highest BCUT2D eigenvalue weighted by molar-refractivity contribution is 7.15. The largest absolute Gasteiger partial charge is 0.476 e. The third kappa shape index (κ3) is 1.92. The van der Waals surface area contributed by atoms with Crippen LogP contribution in [-0.2, 0) is 0 Å². The molecule has 0 bridgehead atoms. The van der Waals surface area contributed by atoms with Crippen LogP contribution in [0.4, 0.5) is 4.39 Å². The maximum Gasteiger partial charge on any atom is 0.356 e. The number of nitrogens with zero attached hydrogens (tertiary/aromatic N) is 2. The Bertz CT molecular complexity index is 536. The molecule has 0 spiro atoms. The molecule has 0 aromatic carbocycles. The van der Waals surface area contributed by atoms with E-state index in [0.29, 0.717) is 15.6 Å². The summed E-state index contributed by atoms with van der Waals surface area (Å²) in [6.07, 6.45) is 1.05. The van der Waals surface area contributed by atoms with E-state index in [1.807, 2.05) is 0 Å². The summed E-state index contributed by atoms with van der Waals surface area (Å²) in [6.45, 7) is 1.71. The number of aryl methyl sites for hydroxylation is 1. The second kappa shape index (κ2) is 3.97. The Morgan fingerprint density at radius 1 is 1.50 bits per heavy atom. The number of thiazole rings is 1. The molecule has 0 unspecified atom stereocenters. The maximum absolute atomic E-state index is 12.7. The van der Waals surface area contributed by atoms with Gasteiger partial charge in [0.15, 0.2) is 5.69 Å². The van der Waals surface area contributed by atoms with Crippen molar-refractivity contribution in [1.82, 2.24) is 9.97 Å². The van der Waals surface area contributed by atoms with Crippen molar-refractivity contribution in [1.29, 1.82) is 0 Å². The van der Waals surface area contributed by atoms with Gasteiger partial charge in [-0.1, -0.05) is 0 Å². The van der Waals surface area contributed by atoms with Crippen LogP contribution in [-0.4, -0.2) is 21.0 Å². The predicted molar refractivity (Wildman–Crippen MR) is 57.0 cm³/mol. The van der Waals surface area contributed by atoms with Gasteiger partial charge < -0.3 is 5.11 Å². The minimum absolute atomic E-state index is 0.0402. The number of rotatable bonds is 2. The number of carboxylic acids is 1. The second-order valence-corrected chi connectivity index (χ2v) is 4.28. The Balaban J connectivity index is 2.55. The van der Waals surface area contributed by atoms with Gasteiger partial charge in [-0.15, -0.1) is 11.3 Å². The summed E-state index contributed by atoms with van der Waals surface area (Å²) in [5.41, 5.74) is 0.381. The molecular weight excluding hydrogens is 231 g/mol. The molecule has 16 heavy (non-hydrogen) atoms. The lowest BCUT2D eigenvalue weighted by molar-refractivity contribution is 0.0692. The fourth-order valence-electron chi connectivity index (χ4n) is 1.26. The molecule has 0 aliphatic carbocycles. The van der Waals surface area contributed by atoms with Crippen LogP contribution >= 0.6 is 11.3 Å². The van der Waals surface area contributed by atoms with E-state index in [2.05, 4.69) is 9.97 Å². The molecule has 0 aliphatic heterocycles. The molecule has 0 atom stereocenters. The van der Waals surface area contributed by atoms with Gasteiger partial charge in [-0.05, 0) is 19.1 Å². The lowest BCUT2D eigenvalue weighted by atomic mass is 10.2. The zero-order chi connectivity index (χ0) is 11.7. The summed E-state index contributed by atoms with van der Waals surface area (Å²) in [7, 11) is 0. The van der Waals surface area contributed by atoms with Crippen molar-refractivity contribution in [3.8, 4) is 10.6 Å². The standard InChI is InChI=1S/C10H7FN2O2S/c1-5-13-8(10(14)15)9(16-5)7-3-2-6(11)4-12-7/h2-4H,1H3,(H,14,15). The summed E-state index contributed by atoms with van der Waals surface area (Å²) < 4.78 is 12.7. The highest BCUT2D eigenvalue weighted by Crippen LogP contribution is 2.28. The lowest BCUT2D eigenvalue weighted by Crippen LogP contribution is -1.99. The summed E-state index contributed by atoms with van der Waals surface area (Å²) in [5.74, 6) is -1.56. The van der Waals surface area contributed by atoms with Crippen LogP contribution in [0.25, 0.3) is 10.6 Å². The van der Waals surface area contributed by atoms with Crippen molar-refractivity contribution in [2.75, 3.05) is 0 Å². The van der Waals surface area contributed by atoms with Gasteiger partial charge in [0.2, 0.25) is 0 Å². The van der Waals surface area contributed by atoms with Crippen molar-refractivity contribution >= 4 is 17.3 Å². The molecule has 82 valence electrons. The van der Waals surface area contributed by atoms with Crippen molar-refractivity contribution in [3.63, 3.8) is 0 Å². The number of aromatic nitrogens is 2. The van der Waals surface area contributed by atoms with Crippen molar-refractivity contribution in [2.24, 2.45) is 0 Å². The Kier molecular flexibility index (Phi) is 2.66. The van der Waals surface area contributed by atoms with Crippen molar-refractivity contribution < 1.29 is 14.3 Å². The molecule has 4 nitrogen and oxygen atoms in total. The highest BCUT2D eigenvalue weighted by Gasteiger charge is 2.18. The van der Waals surface area contributed by atoms with Crippen LogP contribution < -0.4 is 0 Å². The molecule has 0 amide bonds. The molecule has 2 aromatic rings. The normalized spacial score (nSPS) is 10.4. The number of hydrogen-bond donors (Lipinski definition) is 1. The van der Waals surface area contributed by atoms with Crippen LogP contribution in [0.3, 0.4) is 0 Å². The fraction of sp³-hybridized carbons (Fsp3) is 0.100. The first kappa shape index (κ1) is 10.7. The lowest BCUT2D eigenvalue weighted by Gasteiger charge is -1.97. The summed E-state index contributed by atoms with van der Waals surface area (Å²) in [4.78, 5) is 19.1. The Morgan fingerprint density at radius 3 is 2.81 bits per heavy atom. The molecule has 2 heterocycles. The summed E-state index contributed by atoms with van der Waals surface area (Å²) in [6, 6.07) is 2.68. The van der Waals surface area contributed by atoms with Crippen LogP contribution in [0.1, 0.15) is 15.5 Å². The molecule has 6 heteroatoms. The van der Waals surface area contributed by atoms with Crippen LogP contribution in [0.15, 0.2) is 18.3 Å². The average Bonchev–Trinajstić information content (AvgIpc) is 2.61. The highest BCUT2D eigenvalue weighted by atomic mass is 32.1. The average molecular weight is 238 g/mol. The minimum Gasteiger partial charge on any atom is -0.476 e. The zero-order valence-corrected chi connectivity index (χ0v) is 9.08. The number of carboxylic acid groups (broad SMARTS) is 1. The molecule has 0 saturated heterocycles.